The number of anilines is 1. The van der Waals surface area contributed by atoms with Gasteiger partial charge in [0, 0.05) is 45.9 Å². The SMILES string of the molecule is COCCN(C(=O)C(=O)N1CCN(c2ccccc2F)CC1)C1CCS(=O)(=O)C1. The number of sulfone groups is 1. The first-order chi connectivity index (χ1) is 13.8. The number of carbonyl (C=O) groups excluding carboxylic acids is 2. The maximum Gasteiger partial charge on any atom is 0.312 e. The molecule has 0 bridgehead atoms. The van der Waals surface area contributed by atoms with Gasteiger partial charge >= 0.3 is 11.8 Å². The number of halogens is 1. The fourth-order valence-electron chi connectivity index (χ4n) is 3.78. The van der Waals surface area contributed by atoms with Crippen LogP contribution >= 0.6 is 0 Å². The summed E-state index contributed by atoms with van der Waals surface area (Å²) < 4.78 is 42.6. The molecule has 10 heteroatoms. The van der Waals surface area contributed by atoms with E-state index in [9.17, 15) is 22.4 Å². The highest BCUT2D eigenvalue weighted by molar-refractivity contribution is 7.91. The third-order valence-corrected chi connectivity index (χ3v) is 7.14. The summed E-state index contributed by atoms with van der Waals surface area (Å²) in [4.78, 5) is 30.3. The van der Waals surface area contributed by atoms with E-state index in [-0.39, 0.29) is 30.5 Å². The highest BCUT2D eigenvalue weighted by atomic mass is 32.2. The zero-order valence-corrected chi connectivity index (χ0v) is 17.2. The smallest absolute Gasteiger partial charge is 0.312 e. The van der Waals surface area contributed by atoms with E-state index in [2.05, 4.69) is 0 Å². The summed E-state index contributed by atoms with van der Waals surface area (Å²) >= 11 is 0. The van der Waals surface area contributed by atoms with Gasteiger partial charge in [0.1, 0.15) is 5.82 Å². The maximum absolute atomic E-state index is 14.0. The molecule has 2 saturated heterocycles. The third kappa shape index (κ3) is 5.05. The summed E-state index contributed by atoms with van der Waals surface area (Å²) in [7, 11) is -1.71. The summed E-state index contributed by atoms with van der Waals surface area (Å²) in [6.45, 7) is 1.79. The van der Waals surface area contributed by atoms with E-state index < -0.39 is 27.7 Å². The predicted octanol–water partition coefficient (Wildman–Crippen LogP) is 0.136. The van der Waals surface area contributed by atoms with Crippen molar-refractivity contribution in [3.63, 3.8) is 0 Å². The highest BCUT2D eigenvalue weighted by Gasteiger charge is 2.38. The second kappa shape index (κ2) is 9.08. The Hall–Kier alpha value is -2.20. The first kappa shape index (κ1) is 21.5. The van der Waals surface area contributed by atoms with Crippen LogP contribution in [0.3, 0.4) is 0 Å². The lowest BCUT2D eigenvalue weighted by molar-refractivity contribution is -0.153. The van der Waals surface area contributed by atoms with Gasteiger partial charge in [0.15, 0.2) is 9.84 Å². The normalized spacial score (nSPS) is 21.2. The minimum absolute atomic E-state index is 0.0178. The number of hydrogen-bond acceptors (Lipinski definition) is 6. The number of nitrogens with zero attached hydrogens (tertiary/aromatic N) is 3. The van der Waals surface area contributed by atoms with E-state index in [1.807, 2.05) is 4.90 Å². The number of amides is 2. The molecule has 3 rings (SSSR count). The van der Waals surface area contributed by atoms with Crippen molar-refractivity contribution in [2.24, 2.45) is 0 Å². The first-order valence-corrected chi connectivity index (χ1v) is 11.4. The number of hydrogen-bond donors (Lipinski definition) is 0. The van der Waals surface area contributed by atoms with Crippen LogP contribution in [0.5, 0.6) is 0 Å². The molecule has 1 atom stereocenters. The van der Waals surface area contributed by atoms with E-state index in [4.69, 9.17) is 4.74 Å². The average molecular weight is 427 g/mol. The van der Waals surface area contributed by atoms with Gasteiger partial charge in [0.2, 0.25) is 0 Å². The Bertz CT molecular complexity index is 855. The fourth-order valence-corrected chi connectivity index (χ4v) is 5.51. The molecule has 160 valence electrons. The topological polar surface area (TPSA) is 87.2 Å². The lowest BCUT2D eigenvalue weighted by Gasteiger charge is -2.37. The second-order valence-corrected chi connectivity index (χ2v) is 9.51. The molecule has 1 aromatic rings. The van der Waals surface area contributed by atoms with Crippen molar-refractivity contribution in [2.75, 3.05) is 62.8 Å². The molecule has 2 amide bonds. The van der Waals surface area contributed by atoms with Gasteiger partial charge in [-0.1, -0.05) is 12.1 Å². The summed E-state index contributed by atoms with van der Waals surface area (Å²) in [5, 5.41) is 0. The van der Waals surface area contributed by atoms with Crippen LogP contribution in [0.15, 0.2) is 24.3 Å². The van der Waals surface area contributed by atoms with Crippen molar-refractivity contribution < 1.29 is 27.1 Å². The number of rotatable bonds is 5. The van der Waals surface area contributed by atoms with Gasteiger partial charge in [-0.25, -0.2) is 12.8 Å². The summed E-state index contributed by atoms with van der Waals surface area (Å²) in [5.74, 6) is -1.79. The molecule has 2 aliphatic heterocycles. The molecule has 2 fully saturated rings. The minimum atomic E-state index is -3.19. The molecule has 1 unspecified atom stereocenters. The number of carbonyl (C=O) groups is 2. The van der Waals surface area contributed by atoms with Gasteiger partial charge in [-0.2, -0.15) is 0 Å². The number of benzene rings is 1. The Morgan fingerprint density at radius 3 is 2.48 bits per heavy atom. The Kier molecular flexibility index (Phi) is 6.74. The van der Waals surface area contributed by atoms with Crippen molar-refractivity contribution in [3.05, 3.63) is 30.1 Å². The molecule has 2 heterocycles. The Labute approximate surface area is 170 Å². The summed E-state index contributed by atoms with van der Waals surface area (Å²) in [6.07, 6.45) is 0.326. The number of ether oxygens (including phenoxy) is 1. The Balaban J connectivity index is 1.64. The molecule has 29 heavy (non-hydrogen) atoms. The zero-order valence-electron chi connectivity index (χ0n) is 16.4. The molecule has 2 aliphatic rings. The van der Waals surface area contributed by atoms with Crippen molar-refractivity contribution >= 4 is 27.3 Å². The molecule has 0 aliphatic carbocycles. The monoisotopic (exact) mass is 427 g/mol. The number of methoxy groups -OCH3 is 1. The predicted molar refractivity (Wildman–Crippen MR) is 106 cm³/mol. The van der Waals surface area contributed by atoms with Crippen LogP contribution in [0.25, 0.3) is 0 Å². The second-order valence-electron chi connectivity index (χ2n) is 7.28. The van der Waals surface area contributed by atoms with Crippen LogP contribution in [0.2, 0.25) is 0 Å². The van der Waals surface area contributed by atoms with Crippen LogP contribution in [-0.4, -0.2) is 94.0 Å². The Morgan fingerprint density at radius 2 is 1.90 bits per heavy atom. The van der Waals surface area contributed by atoms with Gasteiger partial charge in [-0.05, 0) is 18.6 Å². The molecule has 0 N–H and O–H groups in total. The molecular formula is C19H26FN3O5S. The average Bonchev–Trinajstić information content (AvgIpc) is 3.07. The van der Waals surface area contributed by atoms with Gasteiger partial charge < -0.3 is 19.4 Å². The van der Waals surface area contributed by atoms with Crippen molar-refractivity contribution in [2.45, 2.75) is 12.5 Å². The van der Waals surface area contributed by atoms with Gasteiger partial charge in [-0.15, -0.1) is 0 Å². The molecule has 0 radical (unpaired) electrons. The quantitative estimate of drug-likeness (QED) is 0.621. The molecule has 0 spiro atoms. The van der Waals surface area contributed by atoms with E-state index in [0.717, 1.165) is 0 Å². The molecule has 1 aromatic carbocycles. The van der Waals surface area contributed by atoms with Crippen LogP contribution in [0.4, 0.5) is 10.1 Å². The van der Waals surface area contributed by atoms with Crippen LogP contribution in [-0.2, 0) is 24.2 Å². The molecule has 0 saturated carbocycles. The molecule has 0 aromatic heterocycles. The lowest BCUT2D eigenvalue weighted by Crippen LogP contribution is -2.55. The maximum atomic E-state index is 14.0. The first-order valence-electron chi connectivity index (χ1n) is 9.61. The number of piperazine rings is 1. The fraction of sp³-hybridized carbons (Fsp3) is 0.579. The van der Waals surface area contributed by atoms with E-state index in [1.165, 1.54) is 23.0 Å². The summed E-state index contributed by atoms with van der Waals surface area (Å²) in [5.41, 5.74) is 0.476. The highest BCUT2D eigenvalue weighted by Crippen LogP contribution is 2.21. The van der Waals surface area contributed by atoms with Crippen molar-refractivity contribution in [3.8, 4) is 0 Å². The van der Waals surface area contributed by atoms with E-state index in [0.29, 0.717) is 38.3 Å². The van der Waals surface area contributed by atoms with Gasteiger partial charge in [0.25, 0.3) is 0 Å². The molecular weight excluding hydrogens is 401 g/mol. The molecule has 8 nitrogen and oxygen atoms in total. The minimum Gasteiger partial charge on any atom is -0.383 e. The lowest BCUT2D eigenvalue weighted by atomic mass is 10.2. The standard InChI is InChI=1S/C19H26FN3O5S/c1-28-12-11-23(15-6-13-29(26,27)14-15)19(25)18(24)22-9-7-21(8-10-22)17-5-3-2-4-16(17)20/h2-5,15H,6-14H2,1H3. The zero-order chi connectivity index (χ0) is 21.0. The van der Waals surface area contributed by atoms with Crippen molar-refractivity contribution in [1.29, 1.82) is 0 Å². The van der Waals surface area contributed by atoms with E-state index >= 15 is 0 Å². The van der Waals surface area contributed by atoms with Gasteiger partial charge in [-0.3, -0.25) is 9.59 Å². The van der Waals surface area contributed by atoms with Crippen LogP contribution in [0.1, 0.15) is 6.42 Å². The van der Waals surface area contributed by atoms with Gasteiger partial charge in [0.05, 0.1) is 23.8 Å². The third-order valence-electron chi connectivity index (χ3n) is 5.39. The van der Waals surface area contributed by atoms with Crippen molar-refractivity contribution in [1.82, 2.24) is 9.80 Å². The van der Waals surface area contributed by atoms with E-state index in [1.54, 1.807) is 18.2 Å². The van der Waals surface area contributed by atoms with Crippen LogP contribution in [0, 0.1) is 5.82 Å². The largest absolute Gasteiger partial charge is 0.383 e. The summed E-state index contributed by atoms with van der Waals surface area (Å²) in [6, 6.07) is 5.94. The van der Waals surface area contributed by atoms with Crippen LogP contribution < -0.4 is 4.90 Å². The Morgan fingerprint density at radius 1 is 1.21 bits per heavy atom. The number of para-hydroxylation sites is 1.